The average molecular weight is 366 g/mol. The number of ether oxygens (including phenoxy) is 3. The predicted molar refractivity (Wildman–Crippen MR) is 95.8 cm³/mol. The molecular formula is C19H27FN2O4. The summed E-state index contributed by atoms with van der Waals surface area (Å²) < 4.78 is 29.5. The Labute approximate surface area is 153 Å². The lowest BCUT2D eigenvalue weighted by Crippen LogP contribution is -2.74. The number of rotatable bonds is 7. The fourth-order valence-corrected chi connectivity index (χ4v) is 4.01. The van der Waals surface area contributed by atoms with Crippen molar-refractivity contribution < 1.29 is 23.4 Å². The third-order valence-corrected chi connectivity index (χ3v) is 5.53. The molecular weight excluding hydrogens is 339 g/mol. The number of carbonyl (C=O) groups excluding carboxylic acids is 1. The smallest absolute Gasteiger partial charge is 0.248 e. The second-order valence-electron chi connectivity index (χ2n) is 6.84. The maximum Gasteiger partial charge on any atom is 0.248 e. The van der Waals surface area contributed by atoms with Gasteiger partial charge < -0.3 is 24.0 Å². The molecule has 2 heterocycles. The summed E-state index contributed by atoms with van der Waals surface area (Å²) in [6, 6.07) is 6.68. The molecule has 2 aliphatic heterocycles. The van der Waals surface area contributed by atoms with Crippen molar-refractivity contribution in [1.82, 2.24) is 4.90 Å². The van der Waals surface area contributed by atoms with Gasteiger partial charge in [-0.05, 0) is 31.0 Å². The van der Waals surface area contributed by atoms with Gasteiger partial charge in [-0.2, -0.15) is 0 Å². The highest BCUT2D eigenvalue weighted by molar-refractivity contribution is 5.77. The monoisotopic (exact) mass is 366 g/mol. The van der Waals surface area contributed by atoms with E-state index in [0.29, 0.717) is 26.3 Å². The van der Waals surface area contributed by atoms with Crippen molar-refractivity contribution in [3.05, 3.63) is 30.1 Å². The lowest BCUT2D eigenvalue weighted by molar-refractivity contribution is -0.140. The van der Waals surface area contributed by atoms with Crippen LogP contribution in [0.3, 0.4) is 0 Å². The second-order valence-corrected chi connectivity index (χ2v) is 6.84. The van der Waals surface area contributed by atoms with Gasteiger partial charge in [0.15, 0.2) is 0 Å². The molecule has 6 nitrogen and oxygen atoms in total. The summed E-state index contributed by atoms with van der Waals surface area (Å²) in [6.07, 6.45) is 1.69. The molecule has 144 valence electrons. The van der Waals surface area contributed by atoms with Crippen LogP contribution in [-0.4, -0.2) is 76.1 Å². The van der Waals surface area contributed by atoms with E-state index in [1.165, 1.54) is 6.07 Å². The first-order valence-corrected chi connectivity index (χ1v) is 9.01. The number of halogens is 1. The first kappa shape index (κ1) is 19.1. The fraction of sp³-hybridized carbons (Fsp3) is 0.632. The summed E-state index contributed by atoms with van der Waals surface area (Å²) in [5, 5.41) is 0. The molecule has 2 saturated heterocycles. The van der Waals surface area contributed by atoms with Crippen molar-refractivity contribution in [3.63, 3.8) is 0 Å². The summed E-state index contributed by atoms with van der Waals surface area (Å²) in [6.45, 7) is 3.02. The van der Waals surface area contributed by atoms with Crippen LogP contribution in [-0.2, 0) is 19.0 Å². The Hall–Kier alpha value is -1.70. The zero-order valence-corrected chi connectivity index (χ0v) is 15.4. The Kier molecular flexibility index (Phi) is 6.11. The van der Waals surface area contributed by atoms with Crippen LogP contribution in [0.15, 0.2) is 24.3 Å². The van der Waals surface area contributed by atoms with Gasteiger partial charge in [0, 0.05) is 39.5 Å². The molecule has 0 aromatic heterocycles. The summed E-state index contributed by atoms with van der Waals surface area (Å²) >= 11 is 0. The van der Waals surface area contributed by atoms with Crippen molar-refractivity contribution in [1.29, 1.82) is 0 Å². The van der Waals surface area contributed by atoms with Gasteiger partial charge in [0.1, 0.15) is 12.4 Å². The van der Waals surface area contributed by atoms with Gasteiger partial charge >= 0.3 is 0 Å². The van der Waals surface area contributed by atoms with E-state index in [4.69, 9.17) is 14.2 Å². The SMILES string of the molecule is COCCOCC(=O)N1CCC2(CC1)C(OC)CN2c1cccc(F)c1. The number of amides is 1. The highest BCUT2D eigenvalue weighted by Gasteiger charge is 2.55. The summed E-state index contributed by atoms with van der Waals surface area (Å²) in [7, 11) is 3.32. The van der Waals surface area contributed by atoms with Gasteiger partial charge in [0.2, 0.25) is 5.91 Å². The average Bonchev–Trinajstić information content (AvgIpc) is 2.65. The van der Waals surface area contributed by atoms with Crippen molar-refractivity contribution in [2.75, 3.05) is 58.6 Å². The van der Waals surface area contributed by atoms with Gasteiger partial charge in [-0.15, -0.1) is 0 Å². The molecule has 0 N–H and O–H groups in total. The standard InChI is InChI=1S/C19H27FN2O4/c1-24-10-11-26-14-18(23)21-8-6-19(7-9-21)17(25-2)13-22(19)16-5-3-4-15(20)12-16/h3-5,12,17H,6-11,13-14H2,1-2H3. The molecule has 1 aromatic carbocycles. The van der Waals surface area contributed by atoms with E-state index in [1.807, 2.05) is 11.0 Å². The third-order valence-electron chi connectivity index (χ3n) is 5.53. The van der Waals surface area contributed by atoms with Crippen LogP contribution >= 0.6 is 0 Å². The van der Waals surface area contributed by atoms with E-state index in [2.05, 4.69) is 4.90 Å². The molecule has 1 atom stereocenters. The van der Waals surface area contributed by atoms with Gasteiger partial charge in [-0.25, -0.2) is 4.39 Å². The molecule has 1 amide bonds. The number of hydrogen-bond acceptors (Lipinski definition) is 5. The molecule has 0 radical (unpaired) electrons. The minimum atomic E-state index is -0.237. The van der Waals surface area contributed by atoms with E-state index in [1.54, 1.807) is 26.4 Å². The predicted octanol–water partition coefficient (Wildman–Crippen LogP) is 1.68. The Balaban J connectivity index is 1.60. The van der Waals surface area contributed by atoms with E-state index < -0.39 is 0 Å². The number of methoxy groups -OCH3 is 2. The maximum absolute atomic E-state index is 13.6. The molecule has 0 aliphatic carbocycles. The molecule has 0 bridgehead atoms. The van der Waals surface area contributed by atoms with Crippen LogP contribution in [0.1, 0.15) is 12.8 Å². The molecule has 1 aromatic rings. The first-order chi connectivity index (χ1) is 12.6. The minimum Gasteiger partial charge on any atom is -0.382 e. The van der Waals surface area contributed by atoms with Crippen LogP contribution in [0.25, 0.3) is 0 Å². The largest absolute Gasteiger partial charge is 0.382 e. The first-order valence-electron chi connectivity index (χ1n) is 9.01. The molecule has 2 fully saturated rings. The second kappa shape index (κ2) is 8.33. The summed E-state index contributed by atoms with van der Waals surface area (Å²) in [5.41, 5.74) is 0.705. The molecule has 1 spiro atoms. The van der Waals surface area contributed by atoms with Gasteiger partial charge in [0.05, 0.1) is 24.9 Å². The summed E-state index contributed by atoms with van der Waals surface area (Å²) in [4.78, 5) is 16.4. The van der Waals surface area contributed by atoms with E-state index in [9.17, 15) is 9.18 Å². The van der Waals surface area contributed by atoms with Crippen LogP contribution in [0.4, 0.5) is 10.1 Å². The number of piperidine rings is 1. The van der Waals surface area contributed by atoms with Gasteiger partial charge in [-0.1, -0.05) is 6.07 Å². The lowest BCUT2D eigenvalue weighted by Gasteiger charge is -2.61. The number of carbonyl (C=O) groups is 1. The van der Waals surface area contributed by atoms with E-state index in [0.717, 1.165) is 25.1 Å². The zero-order valence-electron chi connectivity index (χ0n) is 15.4. The molecule has 1 unspecified atom stereocenters. The lowest BCUT2D eigenvalue weighted by atomic mass is 9.73. The molecule has 7 heteroatoms. The van der Waals surface area contributed by atoms with E-state index >= 15 is 0 Å². The third kappa shape index (κ3) is 3.70. The summed E-state index contributed by atoms with van der Waals surface area (Å²) in [5.74, 6) is -0.235. The van der Waals surface area contributed by atoms with Crippen molar-refractivity contribution >= 4 is 11.6 Å². The van der Waals surface area contributed by atoms with Crippen molar-refractivity contribution in [2.45, 2.75) is 24.5 Å². The molecule has 0 saturated carbocycles. The molecule has 26 heavy (non-hydrogen) atoms. The number of anilines is 1. The minimum absolute atomic E-state index is 0.00143. The number of nitrogens with zero attached hydrogens (tertiary/aromatic N) is 2. The van der Waals surface area contributed by atoms with Crippen LogP contribution in [0.5, 0.6) is 0 Å². The Morgan fingerprint density at radius 1 is 1.27 bits per heavy atom. The van der Waals surface area contributed by atoms with Crippen LogP contribution in [0, 0.1) is 5.82 Å². The highest BCUT2D eigenvalue weighted by atomic mass is 19.1. The maximum atomic E-state index is 13.6. The van der Waals surface area contributed by atoms with Crippen molar-refractivity contribution in [2.24, 2.45) is 0 Å². The number of benzene rings is 1. The topological polar surface area (TPSA) is 51.2 Å². The normalized spacial score (nSPS) is 21.7. The number of hydrogen-bond donors (Lipinski definition) is 0. The molecule has 3 rings (SSSR count). The molecule has 2 aliphatic rings. The quantitative estimate of drug-likeness (QED) is 0.688. The van der Waals surface area contributed by atoms with Crippen LogP contribution < -0.4 is 4.90 Å². The zero-order chi connectivity index (χ0) is 18.6. The van der Waals surface area contributed by atoms with Gasteiger partial charge in [-0.3, -0.25) is 4.79 Å². The Bertz CT molecular complexity index is 619. The van der Waals surface area contributed by atoms with E-state index in [-0.39, 0.29) is 30.0 Å². The number of likely N-dealkylation sites (tertiary alicyclic amines) is 1. The highest BCUT2D eigenvalue weighted by Crippen LogP contribution is 2.44. The van der Waals surface area contributed by atoms with Gasteiger partial charge in [0.25, 0.3) is 0 Å². The fourth-order valence-electron chi connectivity index (χ4n) is 4.01. The van der Waals surface area contributed by atoms with Crippen molar-refractivity contribution in [3.8, 4) is 0 Å². The van der Waals surface area contributed by atoms with Crippen LogP contribution in [0.2, 0.25) is 0 Å². The Morgan fingerprint density at radius 2 is 2.04 bits per heavy atom. The Morgan fingerprint density at radius 3 is 2.69 bits per heavy atom.